The fourth-order valence-corrected chi connectivity index (χ4v) is 2.09. The number of rotatable bonds is 2. The predicted octanol–water partition coefficient (Wildman–Crippen LogP) is 1.77. The van der Waals surface area contributed by atoms with Gasteiger partial charge >= 0.3 is 5.97 Å². The molecule has 0 fully saturated rings. The number of carbonyl (C=O) groups is 1. The molecular weight excluding hydrogens is 192 g/mol. The van der Waals surface area contributed by atoms with Gasteiger partial charge in [0.05, 0.1) is 12.7 Å². The van der Waals surface area contributed by atoms with Gasteiger partial charge in [-0.05, 0) is 17.5 Å². The number of benzene rings is 1. The van der Waals surface area contributed by atoms with Gasteiger partial charge in [0.15, 0.2) is 0 Å². The van der Waals surface area contributed by atoms with Crippen LogP contribution in [0.2, 0.25) is 0 Å². The highest BCUT2D eigenvalue weighted by Crippen LogP contribution is 2.39. The maximum absolute atomic E-state index is 10.7. The Morgan fingerprint density at radius 1 is 1.47 bits per heavy atom. The van der Waals surface area contributed by atoms with Crippen molar-refractivity contribution in [1.82, 2.24) is 0 Å². The molecule has 0 aliphatic heterocycles. The Labute approximate surface area is 88.7 Å². The van der Waals surface area contributed by atoms with Gasteiger partial charge in [0, 0.05) is 12.8 Å². The summed E-state index contributed by atoms with van der Waals surface area (Å²) in [6.07, 6.45) is 0.230. The number of hydrogen-bond acceptors (Lipinski definition) is 3. The molecule has 2 atom stereocenters. The van der Waals surface area contributed by atoms with Gasteiger partial charge in [0.1, 0.15) is 0 Å². The Balaban J connectivity index is 2.14. The minimum absolute atomic E-state index is 0.139. The monoisotopic (exact) mass is 206 g/mol. The van der Waals surface area contributed by atoms with Gasteiger partial charge in [0.25, 0.3) is 0 Å². The number of aliphatic hydroxyl groups excluding tert-OH is 1. The van der Waals surface area contributed by atoms with E-state index in [1.54, 1.807) is 0 Å². The van der Waals surface area contributed by atoms with E-state index >= 15 is 0 Å². The predicted molar refractivity (Wildman–Crippen MR) is 55.4 cm³/mol. The van der Waals surface area contributed by atoms with Gasteiger partial charge in [-0.25, -0.2) is 0 Å². The number of aliphatic hydroxyl groups is 1. The molecule has 1 N–H and O–H groups in total. The molecule has 0 bridgehead atoms. The van der Waals surface area contributed by atoms with Gasteiger partial charge in [-0.15, -0.1) is 0 Å². The number of fused-ring (bicyclic) bond motifs is 1. The molecule has 3 heteroatoms. The van der Waals surface area contributed by atoms with Gasteiger partial charge in [0.2, 0.25) is 0 Å². The maximum Gasteiger partial charge on any atom is 0.302 e. The highest BCUT2D eigenvalue weighted by atomic mass is 16.5. The zero-order valence-corrected chi connectivity index (χ0v) is 8.64. The minimum Gasteiger partial charge on any atom is -0.465 e. The topological polar surface area (TPSA) is 46.5 Å². The van der Waals surface area contributed by atoms with E-state index in [1.165, 1.54) is 6.92 Å². The van der Waals surface area contributed by atoms with Crippen molar-refractivity contribution in [2.45, 2.75) is 25.4 Å². The molecule has 80 valence electrons. The highest BCUT2D eigenvalue weighted by Gasteiger charge is 2.29. The Hall–Kier alpha value is -1.35. The first-order valence-corrected chi connectivity index (χ1v) is 5.08. The summed E-state index contributed by atoms with van der Waals surface area (Å²) in [5.74, 6) is -0.131. The third-order valence-electron chi connectivity index (χ3n) is 2.79. The van der Waals surface area contributed by atoms with E-state index in [-0.39, 0.29) is 11.9 Å². The fourth-order valence-electron chi connectivity index (χ4n) is 2.09. The second kappa shape index (κ2) is 4.03. The molecule has 3 nitrogen and oxygen atoms in total. The number of carbonyl (C=O) groups excluding carboxylic acids is 1. The van der Waals surface area contributed by atoms with Crippen LogP contribution in [0.5, 0.6) is 0 Å². The van der Waals surface area contributed by atoms with Gasteiger partial charge in [-0.1, -0.05) is 24.3 Å². The minimum atomic E-state index is -0.415. The van der Waals surface area contributed by atoms with Crippen LogP contribution in [0.15, 0.2) is 24.3 Å². The summed E-state index contributed by atoms with van der Waals surface area (Å²) < 4.78 is 4.98. The Morgan fingerprint density at radius 3 is 2.80 bits per heavy atom. The van der Waals surface area contributed by atoms with Crippen LogP contribution in [0.3, 0.4) is 0 Å². The lowest BCUT2D eigenvalue weighted by Crippen LogP contribution is -2.08. The lowest BCUT2D eigenvalue weighted by atomic mass is 10.0. The lowest BCUT2D eigenvalue weighted by molar-refractivity contribution is -0.141. The third kappa shape index (κ3) is 2.02. The Bertz CT molecular complexity index is 373. The van der Waals surface area contributed by atoms with Crippen molar-refractivity contribution in [3.63, 3.8) is 0 Å². The third-order valence-corrected chi connectivity index (χ3v) is 2.79. The normalized spacial score (nSPS) is 23.6. The molecule has 0 saturated carbocycles. The van der Waals surface area contributed by atoms with E-state index in [1.807, 2.05) is 24.3 Å². The molecule has 1 aliphatic rings. The van der Waals surface area contributed by atoms with Gasteiger partial charge < -0.3 is 9.84 Å². The van der Waals surface area contributed by atoms with Gasteiger partial charge in [-0.3, -0.25) is 4.79 Å². The second-order valence-electron chi connectivity index (χ2n) is 3.88. The highest BCUT2D eigenvalue weighted by molar-refractivity contribution is 5.66. The Kier molecular flexibility index (Phi) is 2.73. The molecule has 1 aromatic carbocycles. The van der Waals surface area contributed by atoms with Crippen LogP contribution < -0.4 is 0 Å². The first-order chi connectivity index (χ1) is 7.18. The molecule has 1 aliphatic carbocycles. The van der Waals surface area contributed by atoms with Crippen LogP contribution >= 0.6 is 0 Å². The van der Waals surface area contributed by atoms with Gasteiger partial charge in [-0.2, -0.15) is 0 Å². The molecule has 0 unspecified atom stereocenters. The largest absolute Gasteiger partial charge is 0.465 e. The van der Waals surface area contributed by atoms with Crippen LogP contribution in [-0.4, -0.2) is 17.7 Å². The van der Waals surface area contributed by atoms with Crippen molar-refractivity contribution in [1.29, 1.82) is 0 Å². The maximum atomic E-state index is 10.7. The first kappa shape index (κ1) is 10.2. The standard InChI is InChI=1S/C12H14O3/c1-8(13)15-7-9-6-12(14)11-5-3-2-4-10(9)11/h2-5,9,12,14H,6-7H2,1H3/t9-,12+/m0/s1. The first-order valence-electron chi connectivity index (χ1n) is 5.08. The van der Waals surface area contributed by atoms with E-state index < -0.39 is 6.10 Å². The summed E-state index contributed by atoms with van der Waals surface area (Å²) in [6.45, 7) is 1.76. The van der Waals surface area contributed by atoms with Crippen molar-refractivity contribution < 1.29 is 14.6 Å². The van der Waals surface area contributed by atoms with Crippen LogP contribution in [0.25, 0.3) is 0 Å². The average Bonchev–Trinajstić information content (AvgIpc) is 2.54. The second-order valence-corrected chi connectivity index (χ2v) is 3.88. The van der Waals surface area contributed by atoms with Crippen molar-refractivity contribution >= 4 is 5.97 Å². The van der Waals surface area contributed by atoms with Crippen molar-refractivity contribution in [3.05, 3.63) is 35.4 Å². The average molecular weight is 206 g/mol. The van der Waals surface area contributed by atoms with E-state index in [0.29, 0.717) is 13.0 Å². The van der Waals surface area contributed by atoms with E-state index in [4.69, 9.17) is 4.74 Å². The molecule has 0 radical (unpaired) electrons. The quantitative estimate of drug-likeness (QED) is 0.750. The SMILES string of the molecule is CC(=O)OC[C@@H]1C[C@@H](O)c2ccccc21. The molecule has 0 amide bonds. The lowest BCUT2D eigenvalue weighted by Gasteiger charge is -2.10. The number of ether oxygens (including phenoxy) is 1. The van der Waals surface area contributed by atoms with E-state index in [9.17, 15) is 9.90 Å². The van der Waals surface area contributed by atoms with Crippen LogP contribution in [0, 0.1) is 0 Å². The Morgan fingerprint density at radius 2 is 2.13 bits per heavy atom. The van der Waals surface area contributed by atoms with Crippen LogP contribution in [0.1, 0.15) is 36.5 Å². The summed E-state index contributed by atoms with van der Waals surface area (Å²) in [6, 6.07) is 7.77. The van der Waals surface area contributed by atoms with Crippen LogP contribution in [0.4, 0.5) is 0 Å². The molecule has 2 rings (SSSR count). The molecule has 0 heterocycles. The number of hydrogen-bond donors (Lipinski definition) is 1. The molecule has 1 aromatic rings. The molecule has 0 saturated heterocycles. The summed E-state index contributed by atoms with van der Waals surface area (Å²) in [5.41, 5.74) is 2.07. The molecule has 15 heavy (non-hydrogen) atoms. The molecule has 0 spiro atoms. The zero-order valence-electron chi connectivity index (χ0n) is 8.64. The van der Waals surface area contributed by atoms with Crippen molar-refractivity contribution in [2.24, 2.45) is 0 Å². The van der Waals surface area contributed by atoms with Crippen molar-refractivity contribution in [2.75, 3.05) is 6.61 Å². The molecule has 0 aromatic heterocycles. The molecular formula is C12H14O3. The summed E-state index contributed by atoms with van der Waals surface area (Å²) >= 11 is 0. The van der Waals surface area contributed by atoms with Crippen LogP contribution in [-0.2, 0) is 9.53 Å². The summed E-state index contributed by atoms with van der Waals surface area (Å²) in [4.78, 5) is 10.7. The summed E-state index contributed by atoms with van der Waals surface area (Å²) in [5, 5.41) is 9.78. The number of esters is 1. The zero-order chi connectivity index (χ0) is 10.8. The fraction of sp³-hybridized carbons (Fsp3) is 0.417. The smallest absolute Gasteiger partial charge is 0.302 e. The van der Waals surface area contributed by atoms with Crippen molar-refractivity contribution in [3.8, 4) is 0 Å². The summed E-state index contributed by atoms with van der Waals surface area (Å²) in [7, 11) is 0. The van der Waals surface area contributed by atoms with E-state index in [0.717, 1.165) is 11.1 Å². The van der Waals surface area contributed by atoms with E-state index in [2.05, 4.69) is 0 Å².